The molecule has 12 heavy (non-hydrogen) atoms. The van der Waals surface area contributed by atoms with Gasteiger partial charge in [-0.1, -0.05) is 42.5 Å². The van der Waals surface area contributed by atoms with E-state index >= 15 is 0 Å². The third kappa shape index (κ3) is 4.73. The zero-order valence-corrected chi connectivity index (χ0v) is 7.37. The fourth-order valence-corrected chi connectivity index (χ4v) is 1.05. The predicted molar refractivity (Wildman–Crippen MR) is 53.7 cm³/mol. The Bertz CT molecular complexity index is 204. The summed E-state index contributed by atoms with van der Waals surface area (Å²) in [6, 6.07) is 0. The first-order valence-corrected chi connectivity index (χ1v) is 4.53. The average molecular weight is 159 g/mol. The minimum atomic E-state index is 0.939. The molecule has 1 rings (SSSR count). The number of hydrogen-bond donors (Lipinski definition) is 0. The Kier molecular flexibility index (Phi) is 5.02. The molecule has 1 radical (unpaired) electrons. The Balaban J connectivity index is 2.42. The molecule has 0 amide bonds. The zero-order valence-electron chi connectivity index (χ0n) is 7.37. The lowest BCUT2D eigenvalue weighted by molar-refractivity contribution is 0.865. The summed E-state index contributed by atoms with van der Waals surface area (Å²) in [6.07, 6.45) is 22.5. The third-order valence-electron chi connectivity index (χ3n) is 1.72. The van der Waals surface area contributed by atoms with Crippen molar-refractivity contribution in [2.45, 2.75) is 25.7 Å². The zero-order chi connectivity index (χ0) is 8.49. The van der Waals surface area contributed by atoms with Crippen molar-refractivity contribution in [1.29, 1.82) is 0 Å². The van der Waals surface area contributed by atoms with E-state index in [2.05, 4.69) is 36.5 Å². The highest BCUT2D eigenvalue weighted by Crippen LogP contribution is 2.00. The summed E-state index contributed by atoms with van der Waals surface area (Å²) in [5.74, 6) is 0. The molecule has 1 aliphatic rings. The van der Waals surface area contributed by atoms with Gasteiger partial charge in [-0.15, -0.1) is 0 Å². The topological polar surface area (TPSA) is 0 Å². The Morgan fingerprint density at radius 1 is 0.833 bits per heavy atom. The molecule has 0 aromatic heterocycles. The smallest absolute Gasteiger partial charge is 0.00946 e. The quantitative estimate of drug-likeness (QED) is 0.474. The maximum atomic E-state index is 3.17. The van der Waals surface area contributed by atoms with E-state index < -0.39 is 0 Å². The molecular formula is C12H15. The lowest BCUT2D eigenvalue weighted by Crippen LogP contribution is -1.70. The van der Waals surface area contributed by atoms with E-state index in [0.717, 1.165) is 6.42 Å². The van der Waals surface area contributed by atoms with Crippen molar-refractivity contribution in [3.05, 3.63) is 48.6 Å². The van der Waals surface area contributed by atoms with Crippen molar-refractivity contribution in [1.82, 2.24) is 0 Å². The van der Waals surface area contributed by atoms with Crippen LogP contribution >= 0.6 is 0 Å². The monoisotopic (exact) mass is 159 g/mol. The molecule has 63 valence electrons. The molecule has 0 nitrogen and oxygen atoms in total. The first-order chi connectivity index (χ1) is 6.00. The van der Waals surface area contributed by atoms with Crippen LogP contribution in [0, 0.1) is 6.08 Å². The van der Waals surface area contributed by atoms with Crippen LogP contribution in [0.25, 0.3) is 0 Å². The highest BCUT2D eigenvalue weighted by molar-refractivity contribution is 5.10. The van der Waals surface area contributed by atoms with Crippen LogP contribution in [0.3, 0.4) is 0 Å². The summed E-state index contributed by atoms with van der Waals surface area (Å²) in [5.41, 5.74) is 0. The second-order valence-corrected chi connectivity index (χ2v) is 2.79. The highest BCUT2D eigenvalue weighted by Gasteiger charge is 1.80. The van der Waals surface area contributed by atoms with E-state index in [0.29, 0.717) is 0 Å². The van der Waals surface area contributed by atoms with E-state index in [1.807, 2.05) is 12.2 Å². The minimum absolute atomic E-state index is 0.939. The summed E-state index contributed by atoms with van der Waals surface area (Å²) >= 11 is 0. The Hall–Kier alpha value is -1.04. The molecule has 0 spiro atoms. The fraction of sp³-hybridized carbons (Fsp3) is 0.333. The Morgan fingerprint density at radius 2 is 1.75 bits per heavy atom. The van der Waals surface area contributed by atoms with Crippen LogP contribution in [-0.2, 0) is 0 Å². The molecule has 0 aliphatic heterocycles. The van der Waals surface area contributed by atoms with Gasteiger partial charge in [0, 0.05) is 0 Å². The lowest BCUT2D eigenvalue weighted by Gasteiger charge is -1.89. The van der Waals surface area contributed by atoms with Gasteiger partial charge >= 0.3 is 0 Å². The lowest BCUT2D eigenvalue weighted by atomic mass is 10.2. The van der Waals surface area contributed by atoms with Gasteiger partial charge in [-0.2, -0.15) is 0 Å². The van der Waals surface area contributed by atoms with Crippen molar-refractivity contribution in [2.75, 3.05) is 0 Å². The molecule has 0 unspecified atom stereocenters. The normalized spacial score (nSPS) is 29.3. The van der Waals surface area contributed by atoms with Crippen molar-refractivity contribution in [3.8, 4) is 0 Å². The molecular weight excluding hydrogens is 144 g/mol. The molecule has 0 aromatic rings. The van der Waals surface area contributed by atoms with E-state index in [4.69, 9.17) is 0 Å². The van der Waals surface area contributed by atoms with Crippen LogP contribution in [0.4, 0.5) is 0 Å². The van der Waals surface area contributed by atoms with Gasteiger partial charge in [0.25, 0.3) is 0 Å². The van der Waals surface area contributed by atoms with Crippen LogP contribution < -0.4 is 0 Å². The van der Waals surface area contributed by atoms with Gasteiger partial charge in [0.1, 0.15) is 0 Å². The molecule has 0 heterocycles. The largest absolute Gasteiger partial charge is 0.0882 e. The van der Waals surface area contributed by atoms with Gasteiger partial charge in [-0.25, -0.2) is 0 Å². The van der Waals surface area contributed by atoms with Crippen molar-refractivity contribution >= 4 is 0 Å². The first-order valence-electron chi connectivity index (χ1n) is 4.53. The summed E-state index contributed by atoms with van der Waals surface area (Å²) in [7, 11) is 0. The first kappa shape index (κ1) is 9.05. The van der Waals surface area contributed by atoms with Gasteiger partial charge in [0.2, 0.25) is 0 Å². The second kappa shape index (κ2) is 6.66. The Labute approximate surface area is 75.0 Å². The molecule has 0 saturated heterocycles. The fourth-order valence-electron chi connectivity index (χ4n) is 1.05. The van der Waals surface area contributed by atoms with Gasteiger partial charge in [-0.3, -0.25) is 0 Å². The van der Waals surface area contributed by atoms with E-state index in [1.165, 1.54) is 19.3 Å². The predicted octanol–water partition coefficient (Wildman–Crippen LogP) is 3.59. The average Bonchev–Trinajstić information content (AvgIpc) is 2.05. The van der Waals surface area contributed by atoms with Crippen molar-refractivity contribution in [2.24, 2.45) is 0 Å². The standard InChI is InChI=1S/C12H15/c1-2-4-6-8-10-12-11-9-7-5-3-1/h1-5,11-12H,6,8-10H2/b3-1+,4-2-,7-5?,12-11+. The van der Waals surface area contributed by atoms with Crippen LogP contribution in [0.15, 0.2) is 42.5 Å². The molecule has 0 aromatic carbocycles. The number of rotatable bonds is 0. The van der Waals surface area contributed by atoms with E-state index in [1.54, 1.807) is 0 Å². The van der Waals surface area contributed by atoms with Crippen molar-refractivity contribution in [3.63, 3.8) is 0 Å². The van der Waals surface area contributed by atoms with Crippen LogP contribution in [0.5, 0.6) is 0 Å². The molecule has 0 bridgehead atoms. The van der Waals surface area contributed by atoms with Gasteiger partial charge in [0.15, 0.2) is 0 Å². The van der Waals surface area contributed by atoms with E-state index in [-0.39, 0.29) is 0 Å². The summed E-state index contributed by atoms with van der Waals surface area (Å²) in [6.45, 7) is 0. The molecule has 0 atom stereocenters. The van der Waals surface area contributed by atoms with Crippen LogP contribution in [-0.4, -0.2) is 0 Å². The van der Waals surface area contributed by atoms with Gasteiger partial charge < -0.3 is 0 Å². The second-order valence-electron chi connectivity index (χ2n) is 2.79. The molecule has 0 saturated carbocycles. The molecule has 0 heteroatoms. The third-order valence-corrected chi connectivity index (χ3v) is 1.72. The maximum absolute atomic E-state index is 3.17. The summed E-state index contributed by atoms with van der Waals surface area (Å²) < 4.78 is 0. The SMILES string of the molecule is [C]1=C/C=C/C=C\CCC/C=C/C\1. The maximum Gasteiger partial charge on any atom is -0.00946 e. The number of hydrogen-bond acceptors (Lipinski definition) is 0. The van der Waals surface area contributed by atoms with Crippen molar-refractivity contribution < 1.29 is 0 Å². The summed E-state index contributed by atoms with van der Waals surface area (Å²) in [4.78, 5) is 0. The highest BCUT2D eigenvalue weighted by atomic mass is 13.9. The Morgan fingerprint density at radius 3 is 2.75 bits per heavy atom. The van der Waals surface area contributed by atoms with Gasteiger partial charge in [0.05, 0.1) is 0 Å². The molecule has 0 N–H and O–H groups in total. The minimum Gasteiger partial charge on any atom is -0.0882 e. The van der Waals surface area contributed by atoms with Crippen LogP contribution in [0.1, 0.15) is 25.7 Å². The summed E-state index contributed by atoms with van der Waals surface area (Å²) in [5, 5.41) is 0. The van der Waals surface area contributed by atoms with Gasteiger partial charge in [-0.05, 0) is 31.8 Å². The molecule has 1 aliphatic carbocycles. The number of allylic oxidation sites excluding steroid dienone is 8. The molecule has 0 fully saturated rings. The van der Waals surface area contributed by atoms with E-state index in [9.17, 15) is 0 Å². The van der Waals surface area contributed by atoms with Crippen LogP contribution in [0.2, 0.25) is 0 Å².